The standard InChI is InChI=1S/C15H18N4O2/c1-2-19-14(12(16)9-17-19)15(20)18-7-8-21-13-6-4-3-5-11(13)10-18/h3-6,9H,2,7-8,10,16H2,1H3. The van der Waals surface area contributed by atoms with Crippen LogP contribution in [0, 0.1) is 0 Å². The predicted molar refractivity (Wildman–Crippen MR) is 79.0 cm³/mol. The molecule has 0 atom stereocenters. The number of fused-ring (bicyclic) bond motifs is 1. The lowest BCUT2D eigenvalue weighted by Crippen LogP contribution is -2.34. The Labute approximate surface area is 123 Å². The second-order valence-electron chi connectivity index (χ2n) is 4.95. The van der Waals surface area contributed by atoms with Crippen molar-refractivity contribution in [2.45, 2.75) is 20.0 Å². The molecular weight excluding hydrogens is 268 g/mol. The van der Waals surface area contributed by atoms with E-state index in [1.165, 1.54) is 6.20 Å². The number of anilines is 1. The van der Waals surface area contributed by atoms with Crippen molar-refractivity contribution in [2.75, 3.05) is 18.9 Å². The molecule has 0 fully saturated rings. The average molecular weight is 286 g/mol. The Kier molecular flexibility index (Phi) is 3.51. The van der Waals surface area contributed by atoms with Crippen molar-refractivity contribution in [3.05, 3.63) is 41.7 Å². The second-order valence-corrected chi connectivity index (χ2v) is 4.95. The number of aromatic nitrogens is 2. The first-order valence-corrected chi connectivity index (χ1v) is 7.02. The van der Waals surface area contributed by atoms with Crippen LogP contribution in [0.1, 0.15) is 23.0 Å². The van der Waals surface area contributed by atoms with Crippen LogP contribution in [0.2, 0.25) is 0 Å². The average Bonchev–Trinajstić information content (AvgIpc) is 2.74. The molecular formula is C15H18N4O2. The first-order valence-electron chi connectivity index (χ1n) is 7.02. The van der Waals surface area contributed by atoms with Gasteiger partial charge in [0.15, 0.2) is 0 Å². The lowest BCUT2D eigenvalue weighted by molar-refractivity contribution is 0.0722. The lowest BCUT2D eigenvalue weighted by atomic mass is 10.2. The molecule has 1 aliphatic rings. The van der Waals surface area contributed by atoms with E-state index in [2.05, 4.69) is 5.10 Å². The van der Waals surface area contributed by atoms with E-state index in [0.717, 1.165) is 11.3 Å². The van der Waals surface area contributed by atoms with Crippen LogP contribution >= 0.6 is 0 Å². The number of nitrogens with two attached hydrogens (primary N) is 1. The Bertz CT molecular complexity index is 665. The zero-order valence-corrected chi connectivity index (χ0v) is 12.0. The van der Waals surface area contributed by atoms with Crippen LogP contribution in [-0.2, 0) is 13.1 Å². The van der Waals surface area contributed by atoms with Crippen LogP contribution in [0.15, 0.2) is 30.5 Å². The molecule has 3 rings (SSSR count). The highest BCUT2D eigenvalue weighted by molar-refractivity contribution is 5.97. The normalized spacial score (nSPS) is 14.2. The van der Waals surface area contributed by atoms with Gasteiger partial charge in [0.1, 0.15) is 18.1 Å². The van der Waals surface area contributed by atoms with Crippen LogP contribution in [-0.4, -0.2) is 33.7 Å². The number of ether oxygens (including phenoxy) is 1. The molecule has 0 saturated heterocycles. The number of nitrogen functional groups attached to an aromatic ring is 1. The molecule has 0 aliphatic carbocycles. The third kappa shape index (κ3) is 2.44. The van der Waals surface area contributed by atoms with Gasteiger partial charge in [0.2, 0.25) is 0 Å². The third-order valence-electron chi connectivity index (χ3n) is 3.61. The van der Waals surface area contributed by atoms with E-state index < -0.39 is 0 Å². The molecule has 2 heterocycles. The number of carbonyl (C=O) groups excluding carboxylic acids is 1. The molecule has 2 aromatic rings. The van der Waals surface area contributed by atoms with E-state index in [1.54, 1.807) is 9.58 Å². The van der Waals surface area contributed by atoms with Crippen molar-refractivity contribution in [1.82, 2.24) is 14.7 Å². The van der Waals surface area contributed by atoms with Crippen molar-refractivity contribution in [2.24, 2.45) is 0 Å². The Morgan fingerprint density at radius 1 is 1.43 bits per heavy atom. The van der Waals surface area contributed by atoms with Crippen LogP contribution in [0.3, 0.4) is 0 Å². The Morgan fingerprint density at radius 3 is 3.05 bits per heavy atom. The van der Waals surface area contributed by atoms with Gasteiger partial charge < -0.3 is 15.4 Å². The molecule has 1 amide bonds. The molecule has 2 N–H and O–H groups in total. The fraction of sp³-hybridized carbons (Fsp3) is 0.333. The number of hydrogen-bond donors (Lipinski definition) is 1. The summed E-state index contributed by atoms with van der Waals surface area (Å²) in [7, 11) is 0. The van der Waals surface area contributed by atoms with Crippen LogP contribution in [0.5, 0.6) is 5.75 Å². The number of benzene rings is 1. The Hall–Kier alpha value is -2.50. The minimum absolute atomic E-state index is 0.104. The highest BCUT2D eigenvalue weighted by atomic mass is 16.5. The van der Waals surface area contributed by atoms with E-state index in [0.29, 0.717) is 37.6 Å². The molecule has 110 valence electrons. The second kappa shape index (κ2) is 5.47. The summed E-state index contributed by atoms with van der Waals surface area (Å²) in [5, 5.41) is 4.13. The van der Waals surface area contributed by atoms with Gasteiger partial charge in [-0.2, -0.15) is 5.10 Å². The molecule has 0 unspecified atom stereocenters. The first kappa shape index (κ1) is 13.5. The molecule has 1 aromatic heterocycles. The molecule has 0 radical (unpaired) electrons. The van der Waals surface area contributed by atoms with Gasteiger partial charge >= 0.3 is 0 Å². The van der Waals surface area contributed by atoms with Crippen molar-refractivity contribution in [3.8, 4) is 5.75 Å². The molecule has 0 saturated carbocycles. The van der Waals surface area contributed by atoms with Crippen molar-refractivity contribution in [1.29, 1.82) is 0 Å². The maximum absolute atomic E-state index is 12.8. The van der Waals surface area contributed by atoms with Gasteiger partial charge in [-0.05, 0) is 13.0 Å². The number of rotatable bonds is 2. The van der Waals surface area contributed by atoms with Crippen molar-refractivity contribution >= 4 is 11.6 Å². The fourth-order valence-corrected chi connectivity index (χ4v) is 2.52. The highest BCUT2D eigenvalue weighted by Crippen LogP contribution is 2.24. The van der Waals surface area contributed by atoms with Crippen molar-refractivity contribution < 1.29 is 9.53 Å². The largest absolute Gasteiger partial charge is 0.491 e. The molecule has 1 aliphatic heterocycles. The third-order valence-corrected chi connectivity index (χ3v) is 3.61. The SMILES string of the molecule is CCn1ncc(N)c1C(=O)N1CCOc2ccccc2C1. The van der Waals surface area contributed by atoms with E-state index in [-0.39, 0.29) is 5.91 Å². The zero-order valence-electron chi connectivity index (χ0n) is 12.0. The highest BCUT2D eigenvalue weighted by Gasteiger charge is 2.25. The summed E-state index contributed by atoms with van der Waals surface area (Å²) in [6, 6.07) is 7.77. The monoisotopic (exact) mass is 286 g/mol. The number of aryl methyl sites for hydroxylation is 1. The smallest absolute Gasteiger partial charge is 0.274 e. The molecule has 21 heavy (non-hydrogen) atoms. The quantitative estimate of drug-likeness (QED) is 0.908. The van der Waals surface area contributed by atoms with E-state index in [4.69, 9.17) is 10.5 Å². The van der Waals surface area contributed by atoms with Gasteiger partial charge in [-0.15, -0.1) is 0 Å². The molecule has 6 heteroatoms. The van der Waals surface area contributed by atoms with E-state index >= 15 is 0 Å². The van der Waals surface area contributed by atoms with Gasteiger partial charge in [-0.25, -0.2) is 0 Å². The summed E-state index contributed by atoms with van der Waals surface area (Å²) in [6.45, 7) is 4.07. The molecule has 0 spiro atoms. The number of para-hydroxylation sites is 1. The minimum Gasteiger partial charge on any atom is -0.491 e. The summed E-state index contributed by atoms with van der Waals surface area (Å²) < 4.78 is 7.32. The summed E-state index contributed by atoms with van der Waals surface area (Å²) >= 11 is 0. The van der Waals surface area contributed by atoms with Gasteiger partial charge in [-0.1, -0.05) is 18.2 Å². The molecule has 6 nitrogen and oxygen atoms in total. The van der Waals surface area contributed by atoms with Gasteiger partial charge in [0.25, 0.3) is 5.91 Å². The minimum atomic E-state index is -0.104. The topological polar surface area (TPSA) is 73.4 Å². The first-order chi connectivity index (χ1) is 10.2. The van der Waals surface area contributed by atoms with Crippen LogP contribution < -0.4 is 10.5 Å². The van der Waals surface area contributed by atoms with Gasteiger partial charge in [0, 0.05) is 18.7 Å². The predicted octanol–water partition coefficient (Wildman–Crippen LogP) is 1.52. The van der Waals surface area contributed by atoms with Gasteiger partial charge in [0.05, 0.1) is 18.4 Å². The Balaban J connectivity index is 1.90. The molecule has 0 bridgehead atoms. The molecule has 1 aromatic carbocycles. The van der Waals surface area contributed by atoms with Crippen molar-refractivity contribution in [3.63, 3.8) is 0 Å². The number of nitrogens with zero attached hydrogens (tertiary/aromatic N) is 3. The summed E-state index contributed by atoms with van der Waals surface area (Å²) in [5.41, 5.74) is 7.77. The summed E-state index contributed by atoms with van der Waals surface area (Å²) in [4.78, 5) is 14.5. The van der Waals surface area contributed by atoms with Crippen LogP contribution in [0.25, 0.3) is 0 Å². The summed E-state index contributed by atoms with van der Waals surface area (Å²) in [6.07, 6.45) is 1.53. The number of hydrogen-bond acceptors (Lipinski definition) is 4. The maximum Gasteiger partial charge on any atom is 0.274 e. The maximum atomic E-state index is 12.8. The van der Waals surface area contributed by atoms with E-state index in [9.17, 15) is 4.79 Å². The fourth-order valence-electron chi connectivity index (χ4n) is 2.52. The zero-order chi connectivity index (χ0) is 14.8. The van der Waals surface area contributed by atoms with E-state index in [1.807, 2.05) is 31.2 Å². The lowest BCUT2D eigenvalue weighted by Gasteiger charge is -2.20. The van der Waals surface area contributed by atoms with Gasteiger partial charge in [-0.3, -0.25) is 9.48 Å². The number of amides is 1. The Morgan fingerprint density at radius 2 is 2.24 bits per heavy atom. The van der Waals surface area contributed by atoms with Crippen LogP contribution in [0.4, 0.5) is 5.69 Å². The summed E-state index contributed by atoms with van der Waals surface area (Å²) in [5.74, 6) is 0.733. The number of carbonyl (C=O) groups is 1.